The molecule has 0 unspecified atom stereocenters. The third kappa shape index (κ3) is 6.87. The van der Waals surface area contributed by atoms with Crippen molar-refractivity contribution in [3.8, 4) is 11.5 Å². The maximum atomic E-state index is 12.2. The van der Waals surface area contributed by atoms with Crippen LogP contribution in [0.4, 0.5) is 0 Å². The molecule has 1 aromatic carbocycles. The number of ether oxygens (including phenoxy) is 3. The first-order valence-corrected chi connectivity index (χ1v) is 8.89. The number of hydrazone groups is 1. The number of benzene rings is 1. The first-order chi connectivity index (χ1) is 13.1. The molecule has 0 bridgehead atoms. The van der Waals surface area contributed by atoms with E-state index in [0.717, 1.165) is 5.56 Å². The van der Waals surface area contributed by atoms with Crippen molar-refractivity contribution in [3.05, 3.63) is 36.4 Å². The number of nitrogens with one attached hydrogen (secondary N) is 2. The lowest BCUT2D eigenvalue weighted by Gasteiger charge is -2.26. The molecule has 1 saturated heterocycles. The normalized spacial score (nSPS) is 13.9. The van der Waals surface area contributed by atoms with Gasteiger partial charge in [-0.1, -0.05) is 6.08 Å². The number of methoxy groups -OCH3 is 1. The number of hydrogen-bond donors (Lipinski definition) is 2. The monoisotopic (exact) mass is 392 g/mol. The van der Waals surface area contributed by atoms with Crippen LogP contribution in [-0.4, -0.2) is 68.7 Å². The molecule has 0 aliphatic carbocycles. The van der Waals surface area contributed by atoms with Crippen LogP contribution in [0.2, 0.25) is 0 Å². The molecule has 0 atom stereocenters. The zero-order valence-corrected chi connectivity index (χ0v) is 16.1. The predicted molar refractivity (Wildman–Crippen MR) is 107 cm³/mol. The highest BCUT2D eigenvalue weighted by molar-refractivity contribution is 7.80. The van der Waals surface area contributed by atoms with Gasteiger partial charge >= 0.3 is 0 Å². The quantitative estimate of drug-likeness (QED) is 0.294. The minimum atomic E-state index is -0.0734. The van der Waals surface area contributed by atoms with Crippen molar-refractivity contribution in [3.63, 3.8) is 0 Å². The largest absolute Gasteiger partial charge is 0.493 e. The molecule has 1 heterocycles. The van der Waals surface area contributed by atoms with E-state index in [1.165, 1.54) is 0 Å². The van der Waals surface area contributed by atoms with Gasteiger partial charge in [-0.15, -0.1) is 6.58 Å². The number of morpholine rings is 1. The Labute approximate surface area is 164 Å². The van der Waals surface area contributed by atoms with Crippen LogP contribution in [0.25, 0.3) is 0 Å². The van der Waals surface area contributed by atoms with Gasteiger partial charge in [-0.25, -0.2) is 0 Å². The molecule has 2 rings (SSSR count). The van der Waals surface area contributed by atoms with Gasteiger partial charge in [-0.05, 0) is 36.0 Å². The zero-order chi connectivity index (χ0) is 19.5. The molecule has 1 amide bonds. The van der Waals surface area contributed by atoms with E-state index in [1.807, 2.05) is 6.07 Å². The Kier molecular flexibility index (Phi) is 8.53. The summed E-state index contributed by atoms with van der Waals surface area (Å²) in [5.41, 5.74) is 3.49. The molecule has 27 heavy (non-hydrogen) atoms. The summed E-state index contributed by atoms with van der Waals surface area (Å²) >= 11 is 5.04. The second-order valence-electron chi connectivity index (χ2n) is 5.56. The Bertz CT molecular complexity index is 690. The molecular formula is C18H24N4O4S. The van der Waals surface area contributed by atoms with Gasteiger partial charge in [0.25, 0.3) is 5.91 Å². The Morgan fingerprint density at radius 1 is 1.41 bits per heavy atom. The van der Waals surface area contributed by atoms with E-state index in [4.69, 9.17) is 26.4 Å². The number of hydrogen-bond acceptors (Lipinski definition) is 6. The molecule has 0 spiro atoms. The van der Waals surface area contributed by atoms with Crippen LogP contribution in [0.3, 0.4) is 0 Å². The molecule has 2 N–H and O–H groups in total. The van der Waals surface area contributed by atoms with Gasteiger partial charge in [-0.3, -0.25) is 10.2 Å². The van der Waals surface area contributed by atoms with E-state index in [0.29, 0.717) is 49.5 Å². The Balaban J connectivity index is 1.89. The third-order valence-corrected chi connectivity index (χ3v) is 3.92. The summed E-state index contributed by atoms with van der Waals surface area (Å²) in [5, 5.41) is 7.36. The van der Waals surface area contributed by atoms with E-state index in [2.05, 4.69) is 22.4 Å². The van der Waals surface area contributed by atoms with E-state index < -0.39 is 0 Å². The van der Waals surface area contributed by atoms with Crippen molar-refractivity contribution in [1.82, 2.24) is 15.6 Å². The van der Waals surface area contributed by atoms with Crippen LogP contribution in [0.15, 0.2) is 36.0 Å². The number of rotatable bonds is 8. The first-order valence-electron chi connectivity index (χ1n) is 8.48. The minimum Gasteiger partial charge on any atom is -0.493 e. The average Bonchev–Trinajstić information content (AvgIpc) is 2.71. The number of thiocarbonyl (C=S) groups is 1. The average molecular weight is 392 g/mol. The summed E-state index contributed by atoms with van der Waals surface area (Å²) in [6.45, 7) is 6.41. The van der Waals surface area contributed by atoms with Gasteiger partial charge in [0.05, 0.1) is 26.5 Å². The molecule has 0 radical (unpaired) electrons. The maximum Gasteiger partial charge on any atom is 0.260 e. The molecule has 0 saturated carbocycles. The van der Waals surface area contributed by atoms with Gasteiger partial charge in [-0.2, -0.15) is 5.10 Å². The van der Waals surface area contributed by atoms with Crippen molar-refractivity contribution in [2.24, 2.45) is 5.10 Å². The van der Waals surface area contributed by atoms with Crippen LogP contribution in [-0.2, 0) is 9.53 Å². The number of carbonyl (C=O) groups excluding carboxylic acids is 1. The molecular weight excluding hydrogens is 368 g/mol. The lowest BCUT2D eigenvalue weighted by molar-refractivity contribution is -0.137. The second-order valence-corrected chi connectivity index (χ2v) is 5.97. The van der Waals surface area contributed by atoms with Crippen LogP contribution in [0.5, 0.6) is 11.5 Å². The summed E-state index contributed by atoms with van der Waals surface area (Å²) < 4.78 is 16.2. The van der Waals surface area contributed by atoms with Gasteiger partial charge in [0, 0.05) is 19.6 Å². The topological polar surface area (TPSA) is 84.4 Å². The van der Waals surface area contributed by atoms with Crippen molar-refractivity contribution < 1.29 is 19.0 Å². The van der Waals surface area contributed by atoms with Crippen molar-refractivity contribution in [2.45, 2.75) is 0 Å². The Morgan fingerprint density at radius 2 is 2.19 bits per heavy atom. The van der Waals surface area contributed by atoms with Crippen LogP contribution < -0.4 is 20.2 Å². The highest BCUT2D eigenvalue weighted by Gasteiger charge is 2.18. The minimum absolute atomic E-state index is 0.0470. The molecule has 146 valence electrons. The predicted octanol–water partition coefficient (Wildman–Crippen LogP) is 0.917. The molecule has 8 nitrogen and oxygen atoms in total. The highest BCUT2D eigenvalue weighted by Crippen LogP contribution is 2.27. The summed E-state index contributed by atoms with van der Waals surface area (Å²) in [4.78, 5) is 13.9. The number of amides is 1. The van der Waals surface area contributed by atoms with Gasteiger partial charge in [0.2, 0.25) is 0 Å². The first kappa shape index (κ1) is 20.7. The van der Waals surface area contributed by atoms with Gasteiger partial charge in [0.1, 0.15) is 0 Å². The fourth-order valence-electron chi connectivity index (χ4n) is 2.30. The summed E-state index contributed by atoms with van der Waals surface area (Å²) in [6, 6.07) is 5.31. The second kappa shape index (κ2) is 11.1. The summed E-state index contributed by atoms with van der Waals surface area (Å²) in [5.74, 6) is 0.934. The zero-order valence-electron chi connectivity index (χ0n) is 15.3. The number of carbonyl (C=O) groups is 1. The molecule has 1 fully saturated rings. The van der Waals surface area contributed by atoms with Crippen LogP contribution in [0.1, 0.15) is 5.56 Å². The van der Waals surface area contributed by atoms with E-state index >= 15 is 0 Å². The van der Waals surface area contributed by atoms with Crippen molar-refractivity contribution >= 4 is 29.5 Å². The van der Waals surface area contributed by atoms with Crippen LogP contribution in [0, 0.1) is 0 Å². The fourth-order valence-corrected chi connectivity index (χ4v) is 2.43. The smallest absolute Gasteiger partial charge is 0.260 e. The third-order valence-electron chi connectivity index (χ3n) is 3.69. The van der Waals surface area contributed by atoms with Gasteiger partial charge in [0.15, 0.2) is 23.2 Å². The van der Waals surface area contributed by atoms with Crippen molar-refractivity contribution in [2.75, 3.05) is 46.6 Å². The highest BCUT2D eigenvalue weighted by atomic mass is 32.1. The van der Waals surface area contributed by atoms with E-state index in [9.17, 15) is 4.79 Å². The molecule has 1 aliphatic rings. The summed E-state index contributed by atoms with van der Waals surface area (Å²) in [7, 11) is 1.54. The lowest BCUT2D eigenvalue weighted by Crippen LogP contribution is -2.43. The maximum absolute atomic E-state index is 12.2. The molecule has 1 aromatic rings. The standard InChI is InChI=1S/C18H24N4O4S/c1-3-6-19-18(27)21-20-12-14-4-5-15(16(11-14)24-2)26-13-17(23)22-7-9-25-10-8-22/h3-5,11-12H,1,6-10,13H2,2H3,(H2,19,21,27)/b20-12-. The molecule has 9 heteroatoms. The van der Waals surface area contributed by atoms with E-state index in [-0.39, 0.29) is 12.5 Å². The Morgan fingerprint density at radius 3 is 2.89 bits per heavy atom. The summed E-state index contributed by atoms with van der Waals surface area (Å²) in [6.07, 6.45) is 3.30. The van der Waals surface area contributed by atoms with Crippen LogP contribution >= 0.6 is 12.2 Å². The number of nitrogens with zero attached hydrogens (tertiary/aromatic N) is 2. The van der Waals surface area contributed by atoms with Gasteiger partial charge < -0.3 is 24.4 Å². The molecule has 1 aliphatic heterocycles. The molecule has 0 aromatic heterocycles. The SMILES string of the molecule is C=CCNC(=S)N/N=C\c1ccc(OCC(=O)N2CCOCC2)c(OC)c1. The fraction of sp³-hybridized carbons (Fsp3) is 0.389. The van der Waals surface area contributed by atoms with Crippen molar-refractivity contribution in [1.29, 1.82) is 0 Å². The lowest BCUT2D eigenvalue weighted by atomic mass is 10.2. The van der Waals surface area contributed by atoms with E-state index in [1.54, 1.807) is 36.4 Å². The Hall–Kier alpha value is -2.65.